The van der Waals surface area contributed by atoms with Gasteiger partial charge in [-0.15, -0.1) is 0 Å². The summed E-state index contributed by atoms with van der Waals surface area (Å²) in [5, 5.41) is 12.1. The number of benzene rings is 3. The Kier molecular flexibility index (Phi) is 6.50. The minimum atomic E-state index is -0.0859. The molecule has 8 nitrogen and oxygen atoms in total. The van der Waals surface area contributed by atoms with E-state index >= 15 is 0 Å². The summed E-state index contributed by atoms with van der Waals surface area (Å²) in [5.41, 5.74) is 7.87. The first-order valence-corrected chi connectivity index (χ1v) is 12.9. The molecular formula is C31H28N6O2. The molecule has 3 aromatic carbocycles. The van der Waals surface area contributed by atoms with Crippen molar-refractivity contribution in [3.8, 4) is 0 Å². The van der Waals surface area contributed by atoms with Crippen LogP contribution in [0.4, 0.5) is 11.4 Å². The van der Waals surface area contributed by atoms with Gasteiger partial charge in [0.25, 0.3) is 5.91 Å². The number of para-hydroxylation sites is 2. The van der Waals surface area contributed by atoms with Crippen LogP contribution >= 0.6 is 0 Å². The molecule has 39 heavy (non-hydrogen) atoms. The zero-order valence-corrected chi connectivity index (χ0v) is 21.6. The lowest BCUT2D eigenvalue weighted by atomic mass is 10.1. The van der Waals surface area contributed by atoms with Crippen molar-refractivity contribution in [1.29, 1.82) is 0 Å². The highest BCUT2D eigenvalue weighted by Gasteiger charge is 2.25. The minimum absolute atomic E-state index is 0.0111. The Morgan fingerprint density at radius 2 is 1.31 bits per heavy atom. The highest BCUT2D eigenvalue weighted by Crippen LogP contribution is 2.28. The van der Waals surface area contributed by atoms with Crippen molar-refractivity contribution < 1.29 is 9.59 Å². The van der Waals surface area contributed by atoms with Gasteiger partial charge in [0.05, 0.1) is 37.6 Å². The van der Waals surface area contributed by atoms with E-state index in [1.165, 1.54) is 23.9 Å². The average molecular weight is 517 g/mol. The fraction of sp³-hybridized carbons (Fsp3) is 0.161. The SMILES string of the molecule is CC(=O)c1ccc(C(=O)N2Cc3ccnn3Cc3ccccc32)cc1.c1ccc2c(c1)Cn1nccc1CN2. The molecule has 0 saturated heterocycles. The van der Waals surface area contributed by atoms with Crippen LogP contribution in [0, 0.1) is 0 Å². The number of carbonyl (C=O) groups is 2. The number of rotatable bonds is 2. The molecule has 1 N–H and O–H groups in total. The van der Waals surface area contributed by atoms with E-state index in [4.69, 9.17) is 0 Å². The molecule has 0 unspecified atom stereocenters. The van der Waals surface area contributed by atoms with Gasteiger partial charge in [-0.25, -0.2) is 0 Å². The number of fused-ring (bicyclic) bond motifs is 4. The van der Waals surface area contributed by atoms with Crippen molar-refractivity contribution in [2.75, 3.05) is 10.2 Å². The highest BCUT2D eigenvalue weighted by molar-refractivity contribution is 6.07. The molecule has 4 heterocycles. The first-order chi connectivity index (χ1) is 19.1. The molecule has 0 saturated carbocycles. The second kappa shape index (κ2) is 10.4. The third-order valence-corrected chi connectivity index (χ3v) is 7.11. The zero-order valence-electron chi connectivity index (χ0n) is 21.6. The lowest BCUT2D eigenvalue weighted by Gasteiger charge is -2.22. The van der Waals surface area contributed by atoms with Crippen LogP contribution in [0.3, 0.4) is 0 Å². The molecule has 194 valence electrons. The molecule has 0 bridgehead atoms. The quantitative estimate of drug-likeness (QED) is 0.328. The van der Waals surface area contributed by atoms with Gasteiger partial charge in [-0.05, 0) is 54.4 Å². The smallest absolute Gasteiger partial charge is 0.258 e. The summed E-state index contributed by atoms with van der Waals surface area (Å²) >= 11 is 0. The molecule has 0 fully saturated rings. The summed E-state index contributed by atoms with van der Waals surface area (Å²) in [6, 6.07) is 27.1. The summed E-state index contributed by atoms with van der Waals surface area (Å²) in [5.74, 6) is -0.0970. The molecule has 0 spiro atoms. The van der Waals surface area contributed by atoms with E-state index in [0.717, 1.165) is 30.0 Å². The first kappa shape index (κ1) is 24.4. The Morgan fingerprint density at radius 1 is 0.692 bits per heavy atom. The third kappa shape index (κ3) is 4.96. The normalized spacial score (nSPS) is 13.2. The standard InChI is InChI=1S/C20H17N3O2.C11H11N3/c1-14(24)15-6-8-16(9-7-15)20(25)22-13-18-10-11-21-23(18)12-17-4-2-3-5-19(17)22;1-2-4-11-9(3-1)8-14-10(7-12-11)5-6-13-14/h2-11H,12-13H2,1H3;1-6,12H,7-8H2. The monoisotopic (exact) mass is 516 g/mol. The van der Waals surface area contributed by atoms with Crippen LogP contribution in [-0.4, -0.2) is 31.3 Å². The maximum absolute atomic E-state index is 13.1. The van der Waals surface area contributed by atoms with Crippen molar-refractivity contribution in [2.24, 2.45) is 0 Å². The van der Waals surface area contributed by atoms with E-state index in [9.17, 15) is 9.59 Å². The van der Waals surface area contributed by atoms with Crippen LogP contribution in [0.15, 0.2) is 97.3 Å². The zero-order chi connectivity index (χ0) is 26.8. The van der Waals surface area contributed by atoms with Crippen molar-refractivity contribution in [1.82, 2.24) is 19.6 Å². The number of carbonyl (C=O) groups excluding carboxylic acids is 2. The number of nitrogens with one attached hydrogen (secondary N) is 1. The van der Waals surface area contributed by atoms with Gasteiger partial charge >= 0.3 is 0 Å². The fourth-order valence-corrected chi connectivity index (χ4v) is 4.97. The number of hydrogen-bond donors (Lipinski definition) is 1. The van der Waals surface area contributed by atoms with Crippen LogP contribution in [0.1, 0.15) is 50.2 Å². The maximum Gasteiger partial charge on any atom is 0.258 e. The molecule has 0 radical (unpaired) electrons. The van der Waals surface area contributed by atoms with Crippen LogP contribution in [-0.2, 0) is 26.2 Å². The number of hydrogen-bond acceptors (Lipinski definition) is 5. The average Bonchev–Trinajstić information content (AvgIpc) is 3.52. The lowest BCUT2D eigenvalue weighted by molar-refractivity contribution is 0.0981. The molecule has 2 aromatic heterocycles. The van der Waals surface area contributed by atoms with E-state index in [1.807, 2.05) is 45.9 Å². The molecule has 0 aliphatic carbocycles. The van der Waals surface area contributed by atoms with Crippen LogP contribution < -0.4 is 10.2 Å². The van der Waals surface area contributed by atoms with Gasteiger partial charge in [-0.3, -0.25) is 19.0 Å². The second-order valence-electron chi connectivity index (χ2n) is 9.62. The van der Waals surface area contributed by atoms with E-state index < -0.39 is 0 Å². The number of ketones is 1. The Balaban J connectivity index is 0.000000166. The van der Waals surface area contributed by atoms with E-state index in [2.05, 4.69) is 45.8 Å². The predicted molar refractivity (Wildman–Crippen MR) is 150 cm³/mol. The second-order valence-corrected chi connectivity index (χ2v) is 9.62. The van der Waals surface area contributed by atoms with Crippen molar-refractivity contribution in [3.63, 3.8) is 0 Å². The molecule has 7 rings (SSSR count). The van der Waals surface area contributed by atoms with Crippen LogP contribution in [0.2, 0.25) is 0 Å². The number of Topliss-reactive ketones (excluding diaryl/α,β-unsaturated/α-hetero) is 1. The molecule has 2 aliphatic heterocycles. The van der Waals surface area contributed by atoms with Crippen molar-refractivity contribution >= 4 is 23.1 Å². The Hall–Kier alpha value is -4.98. The summed E-state index contributed by atoms with van der Waals surface area (Å²) in [6.07, 6.45) is 3.61. The van der Waals surface area contributed by atoms with E-state index in [-0.39, 0.29) is 11.7 Å². The van der Waals surface area contributed by atoms with Gasteiger partial charge in [-0.1, -0.05) is 48.5 Å². The lowest BCUT2D eigenvalue weighted by Crippen LogP contribution is -2.30. The number of nitrogens with zero attached hydrogens (tertiary/aromatic N) is 5. The molecule has 8 heteroatoms. The summed E-state index contributed by atoms with van der Waals surface area (Å²) < 4.78 is 3.96. The van der Waals surface area contributed by atoms with Crippen LogP contribution in [0.25, 0.3) is 0 Å². The highest BCUT2D eigenvalue weighted by atomic mass is 16.2. The molecular weight excluding hydrogens is 488 g/mol. The van der Waals surface area contributed by atoms with Crippen LogP contribution in [0.5, 0.6) is 0 Å². The van der Waals surface area contributed by atoms with Crippen molar-refractivity contribution in [2.45, 2.75) is 33.1 Å². The topological polar surface area (TPSA) is 85.1 Å². The van der Waals surface area contributed by atoms with Gasteiger partial charge in [0, 0.05) is 34.9 Å². The van der Waals surface area contributed by atoms with Gasteiger partial charge < -0.3 is 10.2 Å². The third-order valence-electron chi connectivity index (χ3n) is 7.11. The maximum atomic E-state index is 13.1. The number of amides is 1. The Morgan fingerprint density at radius 3 is 2.08 bits per heavy atom. The fourth-order valence-electron chi connectivity index (χ4n) is 4.97. The summed E-state index contributed by atoms with van der Waals surface area (Å²) in [6.45, 7) is 4.35. The van der Waals surface area contributed by atoms with Gasteiger partial charge in [0.15, 0.2) is 5.78 Å². The van der Waals surface area contributed by atoms with Gasteiger partial charge in [0.1, 0.15) is 0 Å². The molecule has 0 atom stereocenters. The number of aromatic nitrogens is 4. The van der Waals surface area contributed by atoms with Crippen molar-refractivity contribution in [3.05, 3.63) is 131 Å². The Labute approximate surface area is 226 Å². The van der Waals surface area contributed by atoms with Gasteiger partial charge in [-0.2, -0.15) is 10.2 Å². The minimum Gasteiger partial charge on any atom is -0.379 e. The number of anilines is 2. The van der Waals surface area contributed by atoms with E-state index in [0.29, 0.717) is 24.2 Å². The molecule has 1 amide bonds. The van der Waals surface area contributed by atoms with Gasteiger partial charge in [0.2, 0.25) is 0 Å². The predicted octanol–water partition coefficient (Wildman–Crippen LogP) is 5.15. The molecule has 5 aromatic rings. The summed E-state index contributed by atoms with van der Waals surface area (Å²) in [4.78, 5) is 26.4. The Bertz CT molecular complexity index is 1650. The largest absolute Gasteiger partial charge is 0.379 e. The van der Waals surface area contributed by atoms with E-state index in [1.54, 1.807) is 35.4 Å². The first-order valence-electron chi connectivity index (χ1n) is 12.9. The summed E-state index contributed by atoms with van der Waals surface area (Å²) in [7, 11) is 0. The molecule has 2 aliphatic rings.